The first-order valence-corrected chi connectivity index (χ1v) is 14.4. The summed E-state index contributed by atoms with van der Waals surface area (Å²) in [4.78, 5) is 28.0. The molecular weight excluding hydrogens is 502 g/mol. The minimum absolute atomic E-state index is 0.0437. The van der Waals surface area contributed by atoms with Gasteiger partial charge in [0.15, 0.2) is 0 Å². The Labute approximate surface area is 223 Å². The number of sulfonamides is 1. The Morgan fingerprint density at radius 3 is 2.55 bits per heavy atom. The summed E-state index contributed by atoms with van der Waals surface area (Å²) in [5.41, 5.74) is 4.49. The van der Waals surface area contributed by atoms with Crippen molar-refractivity contribution < 1.29 is 18.0 Å². The summed E-state index contributed by atoms with van der Waals surface area (Å²) in [6.45, 7) is 6.25. The molecule has 9 nitrogen and oxygen atoms in total. The van der Waals surface area contributed by atoms with Crippen molar-refractivity contribution in [2.75, 3.05) is 29.9 Å². The van der Waals surface area contributed by atoms with Gasteiger partial charge in [-0.1, -0.05) is 36.4 Å². The molecule has 2 amide bonds. The number of piperidine rings is 1. The number of nitrogens with zero attached hydrogens (tertiary/aromatic N) is 4. The van der Waals surface area contributed by atoms with Gasteiger partial charge in [0.1, 0.15) is 11.4 Å². The van der Waals surface area contributed by atoms with Crippen molar-refractivity contribution in [2.45, 2.75) is 51.5 Å². The van der Waals surface area contributed by atoms with Crippen LogP contribution in [0.2, 0.25) is 0 Å². The van der Waals surface area contributed by atoms with E-state index in [2.05, 4.69) is 10.4 Å². The SMILES string of the molecule is Cc1ccccc1NC(=O)[C@H]1CCCN(S(=O)(=O)c2c(C)nn(CC(=O)N3CCc4ccccc43)c2C)C1. The topological polar surface area (TPSA) is 105 Å². The van der Waals surface area contributed by atoms with E-state index in [1.807, 2.05) is 55.5 Å². The zero-order chi connectivity index (χ0) is 27.0. The van der Waals surface area contributed by atoms with E-state index in [1.165, 1.54) is 8.99 Å². The van der Waals surface area contributed by atoms with E-state index in [4.69, 9.17) is 0 Å². The number of aryl methyl sites for hydroxylation is 2. The highest BCUT2D eigenvalue weighted by Gasteiger charge is 2.37. The highest BCUT2D eigenvalue weighted by molar-refractivity contribution is 7.89. The molecule has 1 saturated heterocycles. The molecule has 200 valence electrons. The average molecular weight is 536 g/mol. The number of anilines is 2. The molecule has 0 aliphatic carbocycles. The third kappa shape index (κ3) is 4.86. The van der Waals surface area contributed by atoms with Gasteiger partial charge < -0.3 is 10.2 Å². The van der Waals surface area contributed by atoms with Crippen LogP contribution in [0.1, 0.15) is 35.4 Å². The number of nitrogens with one attached hydrogen (secondary N) is 1. The van der Waals surface area contributed by atoms with Crippen molar-refractivity contribution in [3.8, 4) is 0 Å². The fourth-order valence-electron chi connectivity index (χ4n) is 5.47. The third-order valence-corrected chi connectivity index (χ3v) is 9.66. The zero-order valence-electron chi connectivity index (χ0n) is 22.0. The van der Waals surface area contributed by atoms with Crippen molar-refractivity contribution in [2.24, 2.45) is 5.92 Å². The van der Waals surface area contributed by atoms with Crippen LogP contribution < -0.4 is 10.2 Å². The summed E-state index contributed by atoms with van der Waals surface area (Å²) in [7, 11) is -3.91. The van der Waals surface area contributed by atoms with Gasteiger partial charge in [-0.25, -0.2) is 8.42 Å². The van der Waals surface area contributed by atoms with Crippen LogP contribution in [0.4, 0.5) is 11.4 Å². The Kier molecular flexibility index (Phi) is 7.11. The lowest BCUT2D eigenvalue weighted by Gasteiger charge is -2.31. The number of aromatic nitrogens is 2. The number of hydrogen-bond acceptors (Lipinski definition) is 5. The molecule has 38 heavy (non-hydrogen) atoms. The number of fused-ring (bicyclic) bond motifs is 1. The summed E-state index contributed by atoms with van der Waals surface area (Å²) >= 11 is 0. The van der Waals surface area contributed by atoms with Gasteiger partial charge in [-0.2, -0.15) is 9.40 Å². The van der Waals surface area contributed by atoms with E-state index < -0.39 is 15.9 Å². The van der Waals surface area contributed by atoms with E-state index in [9.17, 15) is 18.0 Å². The Morgan fingerprint density at radius 2 is 1.76 bits per heavy atom. The molecule has 5 rings (SSSR count). The number of benzene rings is 2. The lowest BCUT2D eigenvalue weighted by molar-refractivity contribution is -0.121. The molecule has 1 aromatic heterocycles. The molecule has 0 radical (unpaired) electrons. The van der Waals surface area contributed by atoms with E-state index >= 15 is 0 Å². The minimum atomic E-state index is -3.91. The van der Waals surface area contributed by atoms with E-state index in [0.717, 1.165) is 28.9 Å². The third-order valence-electron chi connectivity index (χ3n) is 7.54. The van der Waals surface area contributed by atoms with Crippen LogP contribution in [0.15, 0.2) is 53.4 Å². The van der Waals surface area contributed by atoms with Crippen LogP contribution in [0.5, 0.6) is 0 Å². The van der Waals surface area contributed by atoms with Crippen molar-refractivity contribution in [1.82, 2.24) is 14.1 Å². The number of hydrogen-bond donors (Lipinski definition) is 1. The molecule has 2 aromatic carbocycles. The molecule has 1 N–H and O–H groups in total. The Balaban J connectivity index is 1.32. The molecular formula is C28H33N5O4S. The van der Waals surface area contributed by atoms with E-state index in [1.54, 1.807) is 18.7 Å². The molecule has 0 saturated carbocycles. The van der Waals surface area contributed by atoms with Crippen molar-refractivity contribution in [3.05, 3.63) is 71.0 Å². The first kappa shape index (κ1) is 26.1. The number of para-hydroxylation sites is 2. The second-order valence-electron chi connectivity index (χ2n) is 10.1. The molecule has 0 bridgehead atoms. The fraction of sp³-hybridized carbons (Fsp3) is 0.393. The van der Waals surface area contributed by atoms with Crippen LogP contribution in [0, 0.1) is 26.7 Å². The standard InChI is InChI=1S/C28H33N5O4S/c1-19-9-4-6-12-24(19)29-28(35)23-11-8-15-31(17-23)38(36,37)27-20(2)30-33(21(27)3)18-26(34)32-16-14-22-10-5-7-13-25(22)32/h4-7,9-10,12-13,23H,8,11,14-18H2,1-3H3,(H,29,35)/t23-/m0/s1. The first-order valence-electron chi connectivity index (χ1n) is 13.0. The van der Waals surface area contributed by atoms with Gasteiger partial charge in [0.25, 0.3) is 0 Å². The van der Waals surface area contributed by atoms with Crippen LogP contribution >= 0.6 is 0 Å². The highest BCUT2D eigenvalue weighted by Crippen LogP contribution is 2.30. The summed E-state index contributed by atoms with van der Waals surface area (Å²) in [6.07, 6.45) is 2.00. The minimum Gasteiger partial charge on any atom is -0.326 e. The Bertz CT molecular complexity index is 1500. The van der Waals surface area contributed by atoms with Gasteiger partial charge >= 0.3 is 0 Å². The molecule has 1 fully saturated rings. The van der Waals surface area contributed by atoms with Crippen LogP contribution in [-0.4, -0.2) is 54.0 Å². The predicted molar refractivity (Wildman–Crippen MR) is 145 cm³/mol. The van der Waals surface area contributed by atoms with E-state index in [-0.39, 0.29) is 29.8 Å². The second-order valence-corrected chi connectivity index (χ2v) is 12.0. The molecule has 2 aliphatic heterocycles. The van der Waals surface area contributed by atoms with Gasteiger partial charge in [0, 0.05) is 31.0 Å². The van der Waals surface area contributed by atoms with Gasteiger partial charge in [0.2, 0.25) is 21.8 Å². The van der Waals surface area contributed by atoms with Crippen LogP contribution in [0.3, 0.4) is 0 Å². The fourth-order valence-corrected chi connectivity index (χ4v) is 7.37. The van der Waals surface area contributed by atoms with Crippen LogP contribution in [0.25, 0.3) is 0 Å². The lowest BCUT2D eigenvalue weighted by atomic mass is 9.98. The number of rotatable bonds is 6. The summed E-state index contributed by atoms with van der Waals surface area (Å²) < 4.78 is 30.4. The molecule has 0 spiro atoms. The van der Waals surface area contributed by atoms with Gasteiger partial charge in [-0.05, 0) is 63.3 Å². The maximum absolute atomic E-state index is 13.8. The van der Waals surface area contributed by atoms with Gasteiger partial charge in [-0.15, -0.1) is 0 Å². The summed E-state index contributed by atoms with van der Waals surface area (Å²) in [5.74, 6) is -0.763. The summed E-state index contributed by atoms with van der Waals surface area (Å²) in [5, 5.41) is 7.40. The Hall–Kier alpha value is -3.50. The molecule has 10 heteroatoms. The normalized spacial score (nSPS) is 17.9. The number of carbonyl (C=O) groups excluding carboxylic acids is 2. The number of carbonyl (C=O) groups is 2. The zero-order valence-corrected chi connectivity index (χ0v) is 22.8. The monoisotopic (exact) mass is 535 g/mol. The molecule has 0 unspecified atom stereocenters. The maximum atomic E-state index is 13.8. The lowest BCUT2D eigenvalue weighted by Crippen LogP contribution is -2.44. The Morgan fingerprint density at radius 1 is 1.03 bits per heavy atom. The highest BCUT2D eigenvalue weighted by atomic mass is 32.2. The van der Waals surface area contributed by atoms with Crippen molar-refractivity contribution in [3.63, 3.8) is 0 Å². The van der Waals surface area contributed by atoms with Gasteiger partial charge in [0.05, 0.1) is 17.3 Å². The maximum Gasteiger partial charge on any atom is 0.248 e. The first-order chi connectivity index (χ1) is 18.2. The summed E-state index contributed by atoms with van der Waals surface area (Å²) in [6, 6.07) is 15.3. The van der Waals surface area contributed by atoms with E-state index in [0.29, 0.717) is 37.3 Å². The average Bonchev–Trinajstić information content (AvgIpc) is 3.46. The number of amides is 2. The molecule has 2 aliphatic rings. The van der Waals surface area contributed by atoms with Crippen molar-refractivity contribution in [1.29, 1.82) is 0 Å². The second kappa shape index (κ2) is 10.3. The van der Waals surface area contributed by atoms with Gasteiger partial charge in [-0.3, -0.25) is 14.3 Å². The molecule has 3 heterocycles. The smallest absolute Gasteiger partial charge is 0.248 e. The molecule has 1 atom stereocenters. The molecule has 3 aromatic rings. The quantitative estimate of drug-likeness (QED) is 0.521. The largest absolute Gasteiger partial charge is 0.326 e. The predicted octanol–water partition coefficient (Wildman–Crippen LogP) is 3.44. The van der Waals surface area contributed by atoms with Crippen molar-refractivity contribution >= 4 is 33.2 Å². The van der Waals surface area contributed by atoms with Crippen LogP contribution in [-0.2, 0) is 32.6 Å².